The fraction of sp³-hybridized carbons (Fsp3) is 0.273. The number of ether oxygens (including phenoxy) is 1. The molecule has 6 heteroatoms. The molecule has 0 aromatic heterocycles. The number of hydrogen-bond acceptors (Lipinski definition) is 3. The van der Waals surface area contributed by atoms with Crippen molar-refractivity contribution in [2.45, 2.75) is 20.0 Å². The molecule has 0 unspecified atom stereocenters. The van der Waals surface area contributed by atoms with Crippen molar-refractivity contribution < 1.29 is 23.4 Å². The van der Waals surface area contributed by atoms with Crippen LogP contribution in [0.4, 0.5) is 8.78 Å². The smallest absolute Gasteiger partial charge is 0.387 e. The van der Waals surface area contributed by atoms with Crippen LogP contribution in [0, 0.1) is 11.3 Å². The number of alkyl halides is 2. The van der Waals surface area contributed by atoms with Crippen molar-refractivity contribution in [1.82, 2.24) is 0 Å². The van der Waals surface area contributed by atoms with E-state index in [1.54, 1.807) is 13.0 Å². The van der Waals surface area contributed by atoms with Gasteiger partial charge < -0.3 is 9.84 Å². The molecule has 90 valence electrons. The van der Waals surface area contributed by atoms with E-state index in [1.165, 1.54) is 12.1 Å². The van der Waals surface area contributed by atoms with E-state index >= 15 is 0 Å². The van der Waals surface area contributed by atoms with Gasteiger partial charge in [0.1, 0.15) is 17.4 Å². The fourth-order valence-corrected chi connectivity index (χ4v) is 1.42. The molecule has 0 aliphatic heterocycles. The zero-order valence-corrected chi connectivity index (χ0v) is 8.91. The molecular formula is C11H9F2NO3. The first-order chi connectivity index (χ1) is 8.01. The van der Waals surface area contributed by atoms with Crippen molar-refractivity contribution in [3.63, 3.8) is 0 Å². The number of hydrogen-bond donors (Lipinski definition) is 1. The summed E-state index contributed by atoms with van der Waals surface area (Å²) in [5, 5.41) is 17.7. The van der Waals surface area contributed by atoms with Crippen molar-refractivity contribution in [3.05, 3.63) is 28.8 Å². The van der Waals surface area contributed by atoms with Gasteiger partial charge in [0.15, 0.2) is 0 Å². The summed E-state index contributed by atoms with van der Waals surface area (Å²) in [5.41, 5.74) is -0.357. The van der Waals surface area contributed by atoms with E-state index < -0.39 is 12.6 Å². The van der Waals surface area contributed by atoms with Crippen LogP contribution in [0.5, 0.6) is 5.75 Å². The molecule has 0 heterocycles. The number of carboxylic acids is 1. The Morgan fingerprint density at radius 1 is 1.59 bits per heavy atom. The molecule has 0 saturated carbocycles. The molecule has 1 aromatic carbocycles. The van der Waals surface area contributed by atoms with Crippen molar-refractivity contribution in [2.24, 2.45) is 0 Å². The second kappa shape index (κ2) is 5.25. The van der Waals surface area contributed by atoms with Gasteiger partial charge in [-0.05, 0) is 18.1 Å². The number of benzene rings is 1. The number of carbonyl (C=O) groups is 1. The van der Waals surface area contributed by atoms with E-state index in [9.17, 15) is 13.6 Å². The lowest BCUT2D eigenvalue weighted by Gasteiger charge is -2.12. The molecule has 0 atom stereocenters. The van der Waals surface area contributed by atoms with E-state index in [1.807, 2.05) is 0 Å². The van der Waals surface area contributed by atoms with Crippen LogP contribution in [0.15, 0.2) is 12.1 Å². The summed E-state index contributed by atoms with van der Waals surface area (Å²) in [5.74, 6) is -1.71. The molecule has 4 nitrogen and oxygen atoms in total. The molecule has 0 bridgehead atoms. The third kappa shape index (κ3) is 2.69. The van der Waals surface area contributed by atoms with E-state index in [4.69, 9.17) is 10.4 Å². The average Bonchev–Trinajstić information content (AvgIpc) is 2.27. The van der Waals surface area contributed by atoms with E-state index in [-0.39, 0.29) is 16.9 Å². The molecule has 0 aliphatic carbocycles. The van der Waals surface area contributed by atoms with Crippen molar-refractivity contribution in [1.29, 1.82) is 5.26 Å². The summed E-state index contributed by atoms with van der Waals surface area (Å²) in [6.07, 6.45) is 0.358. The molecule has 0 fully saturated rings. The van der Waals surface area contributed by atoms with Crippen LogP contribution in [-0.4, -0.2) is 17.7 Å². The summed E-state index contributed by atoms with van der Waals surface area (Å²) in [4.78, 5) is 10.8. The lowest BCUT2D eigenvalue weighted by Crippen LogP contribution is -2.09. The lowest BCUT2D eigenvalue weighted by molar-refractivity contribution is -0.0506. The van der Waals surface area contributed by atoms with Crippen LogP contribution in [0.3, 0.4) is 0 Å². The highest BCUT2D eigenvalue weighted by Gasteiger charge is 2.20. The summed E-state index contributed by atoms with van der Waals surface area (Å²) < 4.78 is 28.6. The second-order valence-corrected chi connectivity index (χ2v) is 3.13. The molecule has 0 spiro atoms. The Labute approximate surface area is 96.0 Å². The quantitative estimate of drug-likeness (QED) is 0.878. The predicted octanol–water partition coefficient (Wildman–Crippen LogP) is 2.42. The third-order valence-electron chi connectivity index (χ3n) is 2.17. The number of aryl methyl sites for hydroxylation is 1. The number of rotatable bonds is 4. The molecule has 1 rings (SSSR count). The molecule has 1 N–H and O–H groups in total. The highest BCUT2D eigenvalue weighted by molar-refractivity contribution is 5.92. The normalized spacial score (nSPS) is 10.1. The van der Waals surface area contributed by atoms with Gasteiger partial charge >= 0.3 is 12.6 Å². The van der Waals surface area contributed by atoms with Crippen LogP contribution < -0.4 is 4.74 Å². The zero-order valence-electron chi connectivity index (χ0n) is 8.91. The Bertz CT molecular complexity index is 480. The van der Waals surface area contributed by atoms with Crippen LogP contribution in [-0.2, 0) is 6.42 Å². The SMILES string of the molecule is CCc1ccc(C(=O)O)c(C#N)c1OC(F)F. The maximum absolute atomic E-state index is 12.2. The lowest BCUT2D eigenvalue weighted by atomic mass is 10.0. The van der Waals surface area contributed by atoms with Gasteiger partial charge in [-0.1, -0.05) is 13.0 Å². The summed E-state index contributed by atoms with van der Waals surface area (Å²) in [6.45, 7) is -1.41. The van der Waals surface area contributed by atoms with Gasteiger partial charge in [0.25, 0.3) is 0 Å². The van der Waals surface area contributed by atoms with Gasteiger partial charge in [-0.15, -0.1) is 0 Å². The minimum absolute atomic E-state index is 0.347. The molecular weight excluding hydrogens is 232 g/mol. The minimum atomic E-state index is -3.10. The van der Waals surface area contributed by atoms with Gasteiger partial charge in [0.2, 0.25) is 0 Å². The van der Waals surface area contributed by atoms with Crippen LogP contribution in [0.2, 0.25) is 0 Å². The summed E-state index contributed by atoms with van der Waals surface area (Å²) >= 11 is 0. The minimum Gasteiger partial charge on any atom is -0.478 e. The Hall–Kier alpha value is -2.16. The van der Waals surface area contributed by atoms with E-state index in [0.29, 0.717) is 12.0 Å². The molecule has 0 aliphatic rings. The van der Waals surface area contributed by atoms with Crippen molar-refractivity contribution >= 4 is 5.97 Å². The number of nitriles is 1. The van der Waals surface area contributed by atoms with Gasteiger partial charge in [-0.3, -0.25) is 0 Å². The average molecular weight is 241 g/mol. The first kappa shape index (κ1) is 12.9. The zero-order chi connectivity index (χ0) is 13.0. The van der Waals surface area contributed by atoms with Gasteiger partial charge in [-0.2, -0.15) is 14.0 Å². The highest BCUT2D eigenvalue weighted by atomic mass is 19.3. The molecule has 1 aromatic rings. The highest BCUT2D eigenvalue weighted by Crippen LogP contribution is 2.29. The number of aromatic carboxylic acids is 1. The summed E-state index contributed by atoms with van der Waals surface area (Å²) in [7, 11) is 0. The van der Waals surface area contributed by atoms with Crippen molar-refractivity contribution in [3.8, 4) is 11.8 Å². The van der Waals surface area contributed by atoms with Gasteiger partial charge in [0, 0.05) is 0 Å². The van der Waals surface area contributed by atoms with E-state index in [2.05, 4.69) is 4.74 Å². The molecule has 0 amide bonds. The van der Waals surface area contributed by atoms with Crippen LogP contribution >= 0.6 is 0 Å². The molecule has 17 heavy (non-hydrogen) atoms. The van der Waals surface area contributed by atoms with Crippen molar-refractivity contribution in [2.75, 3.05) is 0 Å². The largest absolute Gasteiger partial charge is 0.478 e. The fourth-order valence-electron chi connectivity index (χ4n) is 1.42. The standard InChI is InChI=1S/C11H9F2NO3/c1-2-6-3-4-7(10(15)16)8(5-14)9(6)17-11(12)13/h3-4,11H,2H2,1H3,(H,15,16). The first-order valence-corrected chi connectivity index (χ1v) is 4.75. The predicted molar refractivity (Wildman–Crippen MR) is 54.1 cm³/mol. The number of carboxylic acid groups (broad SMARTS) is 1. The van der Waals surface area contributed by atoms with Crippen LogP contribution in [0.25, 0.3) is 0 Å². The maximum atomic E-state index is 12.2. The Balaban J connectivity index is 3.44. The van der Waals surface area contributed by atoms with Gasteiger partial charge in [-0.25, -0.2) is 4.79 Å². The Morgan fingerprint density at radius 2 is 2.24 bits per heavy atom. The first-order valence-electron chi connectivity index (χ1n) is 4.75. The topological polar surface area (TPSA) is 70.3 Å². The Morgan fingerprint density at radius 3 is 2.65 bits per heavy atom. The monoisotopic (exact) mass is 241 g/mol. The second-order valence-electron chi connectivity index (χ2n) is 3.13. The summed E-state index contributed by atoms with van der Waals surface area (Å²) in [6, 6.07) is 4.16. The molecule has 0 radical (unpaired) electrons. The maximum Gasteiger partial charge on any atom is 0.387 e. The van der Waals surface area contributed by atoms with Gasteiger partial charge in [0.05, 0.1) is 5.56 Å². The van der Waals surface area contributed by atoms with E-state index in [0.717, 1.165) is 0 Å². The van der Waals surface area contributed by atoms with Crippen LogP contribution in [0.1, 0.15) is 28.4 Å². The number of nitrogens with zero attached hydrogens (tertiary/aromatic N) is 1. The third-order valence-corrected chi connectivity index (χ3v) is 2.17. The molecule has 0 saturated heterocycles. The number of halogens is 2. The Kier molecular flexibility index (Phi) is 3.99.